The molecule has 0 aromatic carbocycles. The number of hydrogen-bond donors (Lipinski definition) is 2. The van der Waals surface area contributed by atoms with Crippen molar-refractivity contribution in [3.63, 3.8) is 0 Å². The average Bonchev–Trinajstić information content (AvgIpc) is 2.81. The minimum Gasteiger partial charge on any atom is -0.480 e. The number of aromatic nitrogens is 3. The maximum Gasteiger partial charge on any atom is 0.317 e. The van der Waals surface area contributed by atoms with Gasteiger partial charge < -0.3 is 10.4 Å². The number of aliphatic carboxylic acids is 1. The number of aryl methyl sites for hydroxylation is 3. The van der Waals surface area contributed by atoms with Crippen molar-refractivity contribution in [2.45, 2.75) is 45.7 Å². The molecule has 0 radical (unpaired) electrons. The van der Waals surface area contributed by atoms with Gasteiger partial charge in [0, 0.05) is 24.8 Å². The number of amides is 1. The molecular weight excluding hydrogens is 334 g/mol. The van der Waals surface area contributed by atoms with E-state index in [1.165, 1.54) is 0 Å². The fraction of sp³-hybridized carbons (Fsp3) is 0.556. The molecule has 0 aliphatic heterocycles. The van der Waals surface area contributed by atoms with Crippen molar-refractivity contribution in [1.29, 1.82) is 0 Å². The molecule has 2 N–H and O–H groups in total. The van der Waals surface area contributed by atoms with Crippen molar-refractivity contribution in [3.05, 3.63) is 23.0 Å². The Morgan fingerprint density at radius 3 is 2.69 bits per heavy atom. The molecule has 0 spiro atoms. The highest BCUT2D eigenvalue weighted by molar-refractivity contribution is 6.06. The summed E-state index contributed by atoms with van der Waals surface area (Å²) in [7, 11) is 1.82. The van der Waals surface area contributed by atoms with Gasteiger partial charge in [0.15, 0.2) is 5.65 Å². The maximum atomic E-state index is 12.8. The highest BCUT2D eigenvalue weighted by Gasteiger charge is 2.35. The van der Waals surface area contributed by atoms with Crippen LogP contribution in [0.15, 0.2) is 6.07 Å². The van der Waals surface area contributed by atoms with Crippen LogP contribution in [0.25, 0.3) is 11.0 Å². The number of pyridine rings is 1. The van der Waals surface area contributed by atoms with Crippen LogP contribution in [0.3, 0.4) is 0 Å². The van der Waals surface area contributed by atoms with Gasteiger partial charge in [-0.1, -0.05) is 6.92 Å². The lowest BCUT2D eigenvalue weighted by Crippen LogP contribution is -2.54. The van der Waals surface area contributed by atoms with Crippen LogP contribution < -0.4 is 5.32 Å². The molecule has 2 aromatic heterocycles. The van der Waals surface area contributed by atoms with Gasteiger partial charge in [-0.2, -0.15) is 5.10 Å². The van der Waals surface area contributed by atoms with Crippen LogP contribution in [0, 0.1) is 13.8 Å². The van der Waals surface area contributed by atoms with E-state index in [1.54, 1.807) is 10.7 Å². The highest BCUT2D eigenvalue weighted by atomic mass is 16.4. The van der Waals surface area contributed by atoms with Crippen molar-refractivity contribution in [2.24, 2.45) is 7.05 Å². The first-order chi connectivity index (χ1) is 12.3. The van der Waals surface area contributed by atoms with E-state index in [0.29, 0.717) is 17.8 Å². The smallest absolute Gasteiger partial charge is 0.317 e. The number of carbonyl (C=O) groups is 2. The average molecular weight is 359 g/mol. The Kier molecular flexibility index (Phi) is 4.95. The van der Waals surface area contributed by atoms with E-state index < -0.39 is 5.97 Å². The molecule has 2 aromatic rings. The van der Waals surface area contributed by atoms with Crippen LogP contribution in [0.5, 0.6) is 0 Å². The molecule has 3 rings (SSSR count). The van der Waals surface area contributed by atoms with Gasteiger partial charge >= 0.3 is 5.97 Å². The Bertz CT molecular complexity index is 854. The van der Waals surface area contributed by atoms with Crippen molar-refractivity contribution in [2.75, 3.05) is 13.1 Å². The number of fused-ring (bicyclic) bond motifs is 1. The standard InChI is InChI=1S/C18H25N5O3/c1-5-23(9-15(24)25)13-7-12(8-13)20-18(26)14-6-10(2)19-17-16(14)11(3)21-22(17)4/h6,12-13H,5,7-9H2,1-4H3,(H,20,26)(H,24,25). The largest absolute Gasteiger partial charge is 0.480 e. The molecule has 26 heavy (non-hydrogen) atoms. The highest BCUT2D eigenvalue weighted by Crippen LogP contribution is 2.27. The van der Waals surface area contributed by atoms with Crippen LogP contribution in [0.4, 0.5) is 0 Å². The molecule has 8 nitrogen and oxygen atoms in total. The first-order valence-electron chi connectivity index (χ1n) is 8.87. The first-order valence-corrected chi connectivity index (χ1v) is 8.87. The number of carbonyl (C=O) groups excluding carboxylic acids is 1. The van der Waals surface area contributed by atoms with Crippen molar-refractivity contribution >= 4 is 22.9 Å². The summed E-state index contributed by atoms with van der Waals surface area (Å²) in [5, 5.41) is 17.2. The molecule has 140 valence electrons. The predicted molar refractivity (Wildman–Crippen MR) is 97.1 cm³/mol. The number of nitrogens with zero attached hydrogens (tertiary/aromatic N) is 4. The number of hydrogen-bond acceptors (Lipinski definition) is 5. The normalized spacial score (nSPS) is 19.6. The van der Waals surface area contributed by atoms with Gasteiger partial charge in [0.05, 0.1) is 23.2 Å². The van der Waals surface area contributed by atoms with Crippen LogP contribution in [0.2, 0.25) is 0 Å². The Hall–Kier alpha value is -2.48. The van der Waals surface area contributed by atoms with E-state index in [2.05, 4.69) is 15.4 Å². The Morgan fingerprint density at radius 2 is 2.08 bits per heavy atom. The number of carboxylic acid groups (broad SMARTS) is 1. The first kappa shape index (κ1) is 18.3. The topological polar surface area (TPSA) is 100 Å². The third-order valence-electron chi connectivity index (χ3n) is 5.05. The molecule has 1 fully saturated rings. The zero-order chi connectivity index (χ0) is 19.0. The number of nitrogens with one attached hydrogen (secondary N) is 1. The molecule has 0 saturated heterocycles. The van der Waals surface area contributed by atoms with Gasteiger partial charge in [0.2, 0.25) is 0 Å². The van der Waals surface area contributed by atoms with E-state index in [-0.39, 0.29) is 24.5 Å². The third kappa shape index (κ3) is 3.41. The summed E-state index contributed by atoms with van der Waals surface area (Å²) < 4.78 is 1.69. The summed E-state index contributed by atoms with van der Waals surface area (Å²) in [6.07, 6.45) is 1.54. The number of rotatable bonds is 6. The van der Waals surface area contributed by atoms with Gasteiger partial charge in [-0.25, -0.2) is 4.98 Å². The fourth-order valence-corrected chi connectivity index (χ4v) is 3.69. The fourth-order valence-electron chi connectivity index (χ4n) is 3.69. The van der Waals surface area contributed by atoms with E-state index in [1.807, 2.05) is 32.7 Å². The Labute approximate surface area is 152 Å². The lowest BCUT2D eigenvalue weighted by atomic mass is 9.85. The van der Waals surface area contributed by atoms with E-state index in [9.17, 15) is 9.59 Å². The van der Waals surface area contributed by atoms with E-state index in [4.69, 9.17) is 5.11 Å². The molecule has 2 heterocycles. The molecule has 0 unspecified atom stereocenters. The third-order valence-corrected chi connectivity index (χ3v) is 5.05. The van der Waals surface area contributed by atoms with Crippen molar-refractivity contribution in [3.8, 4) is 0 Å². The molecule has 1 amide bonds. The van der Waals surface area contributed by atoms with Gasteiger partial charge in [-0.15, -0.1) is 0 Å². The Balaban J connectivity index is 1.71. The second-order valence-electron chi connectivity index (χ2n) is 6.97. The number of likely N-dealkylation sites (N-methyl/N-ethyl adjacent to an activating group) is 1. The molecule has 0 bridgehead atoms. The summed E-state index contributed by atoms with van der Waals surface area (Å²) in [5.74, 6) is -0.942. The van der Waals surface area contributed by atoms with Gasteiger partial charge in [0.25, 0.3) is 5.91 Å². The van der Waals surface area contributed by atoms with Crippen LogP contribution >= 0.6 is 0 Å². The molecule has 1 aliphatic carbocycles. The van der Waals surface area contributed by atoms with Crippen LogP contribution in [-0.4, -0.2) is 61.8 Å². The molecule has 1 aliphatic rings. The molecule has 8 heteroatoms. The summed E-state index contributed by atoms with van der Waals surface area (Å²) in [6.45, 7) is 6.43. The van der Waals surface area contributed by atoms with E-state index in [0.717, 1.165) is 29.6 Å². The summed E-state index contributed by atoms with van der Waals surface area (Å²) in [6, 6.07) is 2.07. The summed E-state index contributed by atoms with van der Waals surface area (Å²) in [4.78, 5) is 30.2. The lowest BCUT2D eigenvalue weighted by Gasteiger charge is -2.42. The maximum absolute atomic E-state index is 12.8. The minimum absolute atomic E-state index is 0.0425. The second-order valence-corrected chi connectivity index (χ2v) is 6.97. The summed E-state index contributed by atoms with van der Waals surface area (Å²) in [5.41, 5.74) is 2.86. The van der Waals surface area contributed by atoms with Crippen LogP contribution in [-0.2, 0) is 11.8 Å². The molecule has 1 saturated carbocycles. The lowest BCUT2D eigenvalue weighted by molar-refractivity contribution is -0.139. The van der Waals surface area contributed by atoms with E-state index >= 15 is 0 Å². The zero-order valence-electron chi connectivity index (χ0n) is 15.6. The monoisotopic (exact) mass is 359 g/mol. The van der Waals surface area contributed by atoms with Crippen molar-refractivity contribution in [1.82, 2.24) is 25.0 Å². The predicted octanol–water partition coefficient (Wildman–Crippen LogP) is 1.25. The van der Waals surface area contributed by atoms with Gasteiger partial charge in [-0.3, -0.25) is 19.2 Å². The van der Waals surface area contributed by atoms with Gasteiger partial charge in [-0.05, 0) is 39.3 Å². The quantitative estimate of drug-likeness (QED) is 0.805. The number of carboxylic acids is 1. The molecular formula is C18H25N5O3. The Morgan fingerprint density at radius 1 is 1.38 bits per heavy atom. The molecule has 0 atom stereocenters. The van der Waals surface area contributed by atoms with Gasteiger partial charge in [0.1, 0.15) is 0 Å². The van der Waals surface area contributed by atoms with Crippen molar-refractivity contribution < 1.29 is 14.7 Å². The van der Waals surface area contributed by atoms with Crippen LogP contribution in [0.1, 0.15) is 41.5 Å². The second kappa shape index (κ2) is 7.03. The minimum atomic E-state index is -0.818. The zero-order valence-corrected chi connectivity index (χ0v) is 15.6. The SMILES string of the molecule is CCN(CC(=O)O)C1CC(NC(=O)c2cc(C)nc3c2c(C)nn3C)C1. The summed E-state index contributed by atoms with van der Waals surface area (Å²) >= 11 is 0.